The summed E-state index contributed by atoms with van der Waals surface area (Å²) in [6.07, 6.45) is 5.08. The zero-order valence-corrected chi connectivity index (χ0v) is 29.2. The van der Waals surface area contributed by atoms with Gasteiger partial charge in [-0.05, 0) is 29.5 Å². The Morgan fingerprint density at radius 3 is 2.22 bits per heavy atom. The van der Waals surface area contributed by atoms with Crippen molar-refractivity contribution in [3.63, 3.8) is 0 Å². The molecule has 0 bridgehead atoms. The molecule has 3 amide bonds. The molecule has 5 aromatic rings. The molecule has 0 spiro atoms. The predicted octanol–water partition coefficient (Wildman–Crippen LogP) is 4.50. The first-order valence-electron chi connectivity index (χ1n) is 16.3. The number of benzene rings is 1. The molecule has 1 aliphatic rings. The second kappa shape index (κ2) is 15.0. The number of rotatable bonds is 11. The molecule has 1 fully saturated rings. The molecule has 50 heavy (non-hydrogen) atoms. The van der Waals surface area contributed by atoms with Crippen LogP contribution in [-0.4, -0.2) is 87.0 Å². The number of ether oxygens (including phenoxy) is 1. The number of thiazole rings is 1. The van der Waals surface area contributed by atoms with Gasteiger partial charge in [0.2, 0.25) is 0 Å². The van der Waals surface area contributed by atoms with E-state index in [9.17, 15) is 14.4 Å². The molecule has 5 N–H and O–H groups in total. The van der Waals surface area contributed by atoms with Crippen LogP contribution in [0.3, 0.4) is 0 Å². The quantitative estimate of drug-likeness (QED) is 0.0993. The molecule has 6 rings (SSSR count). The molecule has 0 radical (unpaired) electrons. The molecule has 1 aliphatic heterocycles. The third kappa shape index (κ3) is 7.91. The van der Waals surface area contributed by atoms with Gasteiger partial charge in [0.1, 0.15) is 28.6 Å². The van der Waals surface area contributed by atoms with Crippen molar-refractivity contribution in [1.29, 1.82) is 5.41 Å². The highest BCUT2D eigenvalue weighted by molar-refractivity contribution is 7.16. The normalized spacial score (nSPS) is 13.4. The minimum atomic E-state index is -0.428. The maximum atomic E-state index is 13.3. The Morgan fingerprint density at radius 2 is 1.54 bits per heavy atom. The van der Waals surface area contributed by atoms with Gasteiger partial charge < -0.3 is 29.8 Å². The fraction of sp³-hybridized carbons (Fsp3) is 0.314. The Balaban J connectivity index is 1.07. The molecule has 0 saturated carbocycles. The lowest BCUT2D eigenvalue weighted by Crippen LogP contribution is -2.41. The first-order chi connectivity index (χ1) is 24.0. The van der Waals surface area contributed by atoms with E-state index in [0.717, 1.165) is 35.3 Å². The number of nitrogens with zero attached hydrogens (tertiary/aromatic N) is 5. The van der Waals surface area contributed by atoms with Gasteiger partial charge in [-0.25, -0.2) is 4.98 Å². The summed E-state index contributed by atoms with van der Waals surface area (Å²) in [6.45, 7) is 8.24. The molecule has 0 unspecified atom stereocenters. The lowest BCUT2D eigenvalue weighted by molar-refractivity contribution is 0.0383. The molecule has 14 nitrogen and oxygen atoms in total. The number of amidine groups is 1. The number of fused-ring (bicyclic) bond motifs is 1. The van der Waals surface area contributed by atoms with E-state index in [0.29, 0.717) is 59.0 Å². The van der Waals surface area contributed by atoms with Crippen LogP contribution in [0.15, 0.2) is 61.1 Å². The number of hydrogen-bond donors (Lipinski definition) is 5. The summed E-state index contributed by atoms with van der Waals surface area (Å²) in [6, 6.07) is 12.9. The number of pyridine rings is 1. The topological polar surface area (TPSA) is 171 Å². The first-order valence-corrected chi connectivity index (χ1v) is 17.1. The van der Waals surface area contributed by atoms with Crippen LogP contribution in [0.5, 0.6) is 0 Å². The van der Waals surface area contributed by atoms with Crippen LogP contribution < -0.4 is 21.3 Å². The van der Waals surface area contributed by atoms with Gasteiger partial charge in [0.15, 0.2) is 5.13 Å². The third-order valence-corrected chi connectivity index (χ3v) is 9.59. The van der Waals surface area contributed by atoms with Gasteiger partial charge in [0.05, 0.1) is 24.6 Å². The number of anilines is 3. The maximum absolute atomic E-state index is 13.3. The molecule has 1 aromatic carbocycles. The highest BCUT2D eigenvalue weighted by Gasteiger charge is 2.23. The monoisotopic (exact) mass is 696 g/mol. The van der Waals surface area contributed by atoms with Crippen molar-refractivity contribution in [1.82, 2.24) is 29.3 Å². The van der Waals surface area contributed by atoms with Gasteiger partial charge >= 0.3 is 0 Å². The standard InChI is InChI=1S/C35H40N10O4S/c1-21(2)30-29(34(48)37-9-10-45-11-13-49-14-12-45)41-35(50-30)42-33(47)28-17-25(20-44(28)4)40-32(46)27-16-24(19-43(27)3)39-31(36)26-15-22-7-5-6-8-23(22)18-38-26/h5-8,15-21H,9-14H2,1-4H3,(H2,36,39)(H,37,48)(H,40,46)(H,41,42,47). The van der Waals surface area contributed by atoms with Crippen molar-refractivity contribution in [2.24, 2.45) is 14.1 Å². The molecule has 5 heterocycles. The van der Waals surface area contributed by atoms with Gasteiger partial charge in [-0.2, -0.15) is 0 Å². The average molecular weight is 697 g/mol. The van der Waals surface area contributed by atoms with Gasteiger partial charge in [0, 0.05) is 69.1 Å². The van der Waals surface area contributed by atoms with Crippen LogP contribution in [-0.2, 0) is 18.8 Å². The number of aryl methyl sites for hydroxylation is 2. The van der Waals surface area contributed by atoms with Crippen LogP contribution in [0.25, 0.3) is 10.8 Å². The van der Waals surface area contributed by atoms with Crippen molar-refractivity contribution < 1.29 is 19.1 Å². The van der Waals surface area contributed by atoms with Crippen molar-refractivity contribution in [3.05, 3.63) is 88.7 Å². The van der Waals surface area contributed by atoms with Crippen LogP contribution >= 0.6 is 11.3 Å². The minimum Gasteiger partial charge on any atom is -0.379 e. The number of nitrogens with one attached hydrogen (secondary N) is 5. The van der Waals surface area contributed by atoms with E-state index in [4.69, 9.17) is 10.1 Å². The van der Waals surface area contributed by atoms with Crippen molar-refractivity contribution in [3.8, 4) is 0 Å². The summed E-state index contributed by atoms with van der Waals surface area (Å²) < 4.78 is 8.64. The fourth-order valence-electron chi connectivity index (χ4n) is 5.68. The fourth-order valence-corrected chi connectivity index (χ4v) is 6.64. The molecule has 0 atom stereocenters. The number of aromatic nitrogens is 4. The highest BCUT2D eigenvalue weighted by atomic mass is 32.1. The number of carbonyl (C=O) groups excluding carboxylic acids is 3. The second-order valence-electron chi connectivity index (χ2n) is 12.4. The van der Waals surface area contributed by atoms with Crippen molar-refractivity contribution in [2.45, 2.75) is 19.8 Å². The van der Waals surface area contributed by atoms with E-state index in [-0.39, 0.29) is 23.6 Å². The predicted molar refractivity (Wildman–Crippen MR) is 195 cm³/mol. The Morgan fingerprint density at radius 1 is 0.900 bits per heavy atom. The molecule has 0 aliphatic carbocycles. The van der Waals surface area contributed by atoms with Gasteiger partial charge in [-0.1, -0.05) is 38.1 Å². The van der Waals surface area contributed by atoms with Crippen molar-refractivity contribution >= 4 is 62.2 Å². The molecule has 1 saturated heterocycles. The Bertz CT molecular complexity index is 2060. The van der Waals surface area contributed by atoms with E-state index >= 15 is 0 Å². The molecule has 260 valence electrons. The third-order valence-electron chi connectivity index (χ3n) is 8.32. The van der Waals surface area contributed by atoms with E-state index in [2.05, 4.69) is 36.1 Å². The number of morpholine rings is 1. The summed E-state index contributed by atoms with van der Waals surface area (Å²) in [5.41, 5.74) is 2.41. The summed E-state index contributed by atoms with van der Waals surface area (Å²) in [7, 11) is 3.44. The summed E-state index contributed by atoms with van der Waals surface area (Å²) in [5, 5.41) is 22.5. The molecule has 15 heteroatoms. The van der Waals surface area contributed by atoms with E-state index < -0.39 is 5.91 Å². The van der Waals surface area contributed by atoms with Crippen LogP contribution in [0.2, 0.25) is 0 Å². The zero-order chi connectivity index (χ0) is 35.4. The zero-order valence-electron chi connectivity index (χ0n) is 28.4. The largest absolute Gasteiger partial charge is 0.379 e. The highest BCUT2D eigenvalue weighted by Crippen LogP contribution is 2.30. The summed E-state index contributed by atoms with van der Waals surface area (Å²) in [5.74, 6) is -0.959. The second-order valence-corrected chi connectivity index (χ2v) is 13.4. The van der Waals surface area contributed by atoms with E-state index in [1.807, 2.05) is 44.2 Å². The van der Waals surface area contributed by atoms with Gasteiger partial charge in [-0.15, -0.1) is 11.3 Å². The lowest BCUT2D eigenvalue weighted by Gasteiger charge is -2.26. The lowest BCUT2D eigenvalue weighted by atomic mass is 10.1. The Labute approximate surface area is 293 Å². The van der Waals surface area contributed by atoms with Crippen molar-refractivity contribution in [2.75, 3.05) is 55.3 Å². The molecular formula is C35H40N10O4S. The number of carbonyl (C=O) groups is 3. The smallest absolute Gasteiger partial charge is 0.274 e. The Hall–Kier alpha value is -5.38. The minimum absolute atomic E-state index is 0.0316. The van der Waals surface area contributed by atoms with Crippen LogP contribution in [0.4, 0.5) is 16.5 Å². The van der Waals surface area contributed by atoms with Gasteiger partial charge in [0.25, 0.3) is 17.7 Å². The Kier molecular flexibility index (Phi) is 10.4. The van der Waals surface area contributed by atoms with E-state index in [1.54, 1.807) is 54.0 Å². The van der Waals surface area contributed by atoms with Gasteiger partial charge in [-0.3, -0.25) is 35.0 Å². The average Bonchev–Trinajstić information content (AvgIpc) is 3.81. The van der Waals surface area contributed by atoms with Crippen LogP contribution in [0.1, 0.15) is 61.8 Å². The van der Waals surface area contributed by atoms with Crippen LogP contribution in [0, 0.1) is 5.41 Å². The van der Waals surface area contributed by atoms with E-state index in [1.165, 1.54) is 11.3 Å². The SMILES string of the molecule is CC(C)c1sc(NC(=O)c2cc(NC(=O)c3cc(NC(=N)c4cc5ccccc5cn4)cn3C)cn2C)nc1C(=O)NCCN1CCOCC1. The molecule has 4 aromatic heterocycles. The number of hydrogen-bond acceptors (Lipinski definition) is 9. The first kappa shape index (κ1) is 34.5. The maximum Gasteiger partial charge on any atom is 0.274 e. The summed E-state index contributed by atoms with van der Waals surface area (Å²) in [4.78, 5) is 51.6. The molecular weight excluding hydrogens is 657 g/mol. The summed E-state index contributed by atoms with van der Waals surface area (Å²) >= 11 is 1.27. The number of amides is 3.